The largest absolute Gasteiger partial charge is 0.479 e. The van der Waals surface area contributed by atoms with Crippen LogP contribution in [0.4, 0.5) is 0 Å². The van der Waals surface area contributed by atoms with Gasteiger partial charge in [-0.25, -0.2) is 14.5 Å². The molecule has 0 spiro atoms. The number of rotatable bonds is 5. The summed E-state index contributed by atoms with van der Waals surface area (Å²) in [5.41, 5.74) is 2.13. The molecular formula is C21H26N6O3. The lowest BCUT2D eigenvalue weighted by molar-refractivity contribution is 0.0686. The van der Waals surface area contributed by atoms with Crippen LogP contribution in [0.2, 0.25) is 0 Å². The monoisotopic (exact) mass is 410 g/mol. The van der Waals surface area contributed by atoms with Crippen LogP contribution >= 0.6 is 0 Å². The van der Waals surface area contributed by atoms with E-state index in [4.69, 9.17) is 4.74 Å². The summed E-state index contributed by atoms with van der Waals surface area (Å²) in [6.45, 7) is 3.29. The standard InChI is InChI=1S/C21H26N6O3/c1-14-6-4-5-7-17(14)27-18(22-23-21(27)29)12-15-8-10-26(11-9-15)20(28)16-13-25(2)24-19(16)30-3/h4-7,13,15H,8-12H2,1-3H3,(H,23,29). The first kappa shape index (κ1) is 19.9. The van der Waals surface area contributed by atoms with Crippen molar-refractivity contribution in [1.29, 1.82) is 0 Å². The second-order valence-corrected chi connectivity index (χ2v) is 7.73. The average Bonchev–Trinajstić information content (AvgIpc) is 3.30. The predicted molar refractivity (Wildman–Crippen MR) is 111 cm³/mol. The Kier molecular flexibility index (Phi) is 5.43. The van der Waals surface area contributed by atoms with Gasteiger partial charge in [0.05, 0.1) is 12.8 Å². The highest BCUT2D eigenvalue weighted by molar-refractivity contribution is 5.96. The first-order valence-corrected chi connectivity index (χ1v) is 10.1. The van der Waals surface area contributed by atoms with E-state index in [2.05, 4.69) is 15.3 Å². The van der Waals surface area contributed by atoms with Crippen molar-refractivity contribution in [3.63, 3.8) is 0 Å². The number of aryl methyl sites for hydroxylation is 2. The summed E-state index contributed by atoms with van der Waals surface area (Å²) in [6, 6.07) is 7.78. The normalized spacial score (nSPS) is 14.8. The quantitative estimate of drug-likeness (QED) is 0.690. The van der Waals surface area contributed by atoms with E-state index in [1.807, 2.05) is 36.1 Å². The van der Waals surface area contributed by atoms with Crippen molar-refractivity contribution in [2.75, 3.05) is 20.2 Å². The molecule has 30 heavy (non-hydrogen) atoms. The van der Waals surface area contributed by atoms with E-state index in [0.717, 1.165) is 29.9 Å². The topological polar surface area (TPSA) is 98.0 Å². The van der Waals surface area contributed by atoms with Crippen LogP contribution in [0.3, 0.4) is 0 Å². The van der Waals surface area contributed by atoms with Crippen LogP contribution in [0.25, 0.3) is 5.69 Å². The molecule has 0 unspecified atom stereocenters. The van der Waals surface area contributed by atoms with Crippen LogP contribution < -0.4 is 10.4 Å². The van der Waals surface area contributed by atoms with E-state index in [9.17, 15) is 9.59 Å². The fourth-order valence-corrected chi connectivity index (χ4v) is 4.06. The zero-order valence-electron chi connectivity index (χ0n) is 17.5. The van der Waals surface area contributed by atoms with Gasteiger partial charge in [0.15, 0.2) is 0 Å². The number of aromatic nitrogens is 5. The number of aromatic amines is 1. The van der Waals surface area contributed by atoms with Gasteiger partial charge in [-0.2, -0.15) is 5.10 Å². The number of para-hydroxylation sites is 1. The molecule has 1 saturated heterocycles. The number of amides is 1. The molecule has 1 fully saturated rings. The molecule has 0 bridgehead atoms. The number of piperidine rings is 1. The van der Waals surface area contributed by atoms with Crippen molar-refractivity contribution in [3.8, 4) is 11.6 Å². The molecule has 0 radical (unpaired) electrons. The highest BCUT2D eigenvalue weighted by Crippen LogP contribution is 2.25. The minimum Gasteiger partial charge on any atom is -0.479 e. The number of benzene rings is 1. The van der Waals surface area contributed by atoms with E-state index >= 15 is 0 Å². The third-order valence-corrected chi connectivity index (χ3v) is 5.69. The molecule has 1 aliphatic heterocycles. The molecule has 1 amide bonds. The third-order valence-electron chi connectivity index (χ3n) is 5.69. The smallest absolute Gasteiger partial charge is 0.347 e. The Morgan fingerprint density at radius 2 is 2.00 bits per heavy atom. The fourth-order valence-electron chi connectivity index (χ4n) is 4.06. The van der Waals surface area contributed by atoms with E-state index < -0.39 is 0 Å². The highest BCUT2D eigenvalue weighted by atomic mass is 16.5. The van der Waals surface area contributed by atoms with Gasteiger partial charge in [0.1, 0.15) is 11.4 Å². The summed E-state index contributed by atoms with van der Waals surface area (Å²) >= 11 is 0. The van der Waals surface area contributed by atoms with Crippen molar-refractivity contribution in [1.82, 2.24) is 29.4 Å². The number of likely N-dealkylation sites (tertiary alicyclic amines) is 1. The first-order chi connectivity index (χ1) is 14.5. The molecule has 0 aliphatic carbocycles. The van der Waals surface area contributed by atoms with Gasteiger partial charge in [0.25, 0.3) is 5.91 Å². The van der Waals surface area contributed by atoms with Gasteiger partial charge < -0.3 is 9.64 Å². The number of hydrogen-bond donors (Lipinski definition) is 1. The lowest BCUT2D eigenvalue weighted by Gasteiger charge is -2.31. The van der Waals surface area contributed by atoms with Gasteiger partial charge in [-0.15, -0.1) is 5.10 Å². The van der Waals surface area contributed by atoms with Crippen LogP contribution in [-0.2, 0) is 13.5 Å². The maximum absolute atomic E-state index is 12.9. The Morgan fingerprint density at radius 3 is 2.70 bits per heavy atom. The maximum Gasteiger partial charge on any atom is 0.347 e. The summed E-state index contributed by atoms with van der Waals surface area (Å²) in [5.74, 6) is 1.37. The summed E-state index contributed by atoms with van der Waals surface area (Å²) in [5, 5.41) is 11.0. The molecule has 9 nitrogen and oxygen atoms in total. The van der Waals surface area contributed by atoms with E-state index in [1.54, 1.807) is 22.5 Å². The summed E-state index contributed by atoms with van der Waals surface area (Å²) in [6.07, 6.45) is 4.08. The number of methoxy groups -OCH3 is 1. The van der Waals surface area contributed by atoms with Gasteiger partial charge in [0, 0.05) is 32.8 Å². The van der Waals surface area contributed by atoms with Crippen LogP contribution in [0.15, 0.2) is 35.3 Å². The van der Waals surface area contributed by atoms with Gasteiger partial charge in [-0.3, -0.25) is 9.48 Å². The molecule has 3 aromatic rings. The lowest BCUT2D eigenvalue weighted by atomic mass is 9.93. The van der Waals surface area contributed by atoms with E-state index in [0.29, 0.717) is 36.9 Å². The van der Waals surface area contributed by atoms with Gasteiger partial charge in [-0.1, -0.05) is 18.2 Å². The van der Waals surface area contributed by atoms with E-state index in [1.165, 1.54) is 7.11 Å². The number of carbonyl (C=O) groups is 1. The molecule has 9 heteroatoms. The molecule has 4 rings (SSSR count). The summed E-state index contributed by atoms with van der Waals surface area (Å²) < 4.78 is 8.47. The Bertz CT molecular complexity index is 1100. The molecule has 158 valence electrons. The highest BCUT2D eigenvalue weighted by Gasteiger charge is 2.28. The van der Waals surface area contributed by atoms with Crippen LogP contribution in [0, 0.1) is 12.8 Å². The Balaban J connectivity index is 1.44. The minimum atomic E-state index is -0.226. The minimum absolute atomic E-state index is 0.0602. The van der Waals surface area contributed by atoms with Crippen LogP contribution in [0.1, 0.15) is 34.6 Å². The van der Waals surface area contributed by atoms with Crippen molar-refractivity contribution in [3.05, 3.63) is 57.9 Å². The van der Waals surface area contributed by atoms with Gasteiger partial charge in [-0.05, 0) is 37.3 Å². The van der Waals surface area contributed by atoms with Crippen molar-refractivity contribution < 1.29 is 9.53 Å². The molecule has 0 atom stereocenters. The molecule has 1 N–H and O–H groups in total. The van der Waals surface area contributed by atoms with Crippen molar-refractivity contribution in [2.45, 2.75) is 26.2 Å². The van der Waals surface area contributed by atoms with Crippen molar-refractivity contribution in [2.24, 2.45) is 13.0 Å². The molecule has 2 aromatic heterocycles. The number of ether oxygens (including phenoxy) is 1. The zero-order valence-corrected chi connectivity index (χ0v) is 17.5. The number of hydrogen-bond acceptors (Lipinski definition) is 5. The third kappa shape index (κ3) is 3.74. The number of nitrogens with one attached hydrogen (secondary N) is 1. The SMILES string of the molecule is COc1nn(C)cc1C(=O)N1CCC(Cc2n[nH]c(=O)n2-c2ccccc2C)CC1. The fraction of sp³-hybridized carbons (Fsp3) is 0.429. The number of H-pyrrole nitrogens is 1. The van der Waals surface area contributed by atoms with Gasteiger partial charge in [0.2, 0.25) is 5.88 Å². The van der Waals surface area contributed by atoms with Crippen LogP contribution in [-0.4, -0.2) is 55.6 Å². The maximum atomic E-state index is 12.9. The van der Waals surface area contributed by atoms with Gasteiger partial charge >= 0.3 is 5.69 Å². The number of nitrogens with zero attached hydrogens (tertiary/aromatic N) is 5. The Labute approximate surface area is 174 Å². The average molecular weight is 410 g/mol. The van der Waals surface area contributed by atoms with E-state index in [-0.39, 0.29) is 11.6 Å². The number of carbonyl (C=O) groups excluding carboxylic acids is 1. The molecule has 1 aliphatic rings. The summed E-state index contributed by atoms with van der Waals surface area (Å²) in [7, 11) is 3.28. The Hall–Kier alpha value is -3.36. The molecule has 3 heterocycles. The molecule has 0 saturated carbocycles. The van der Waals surface area contributed by atoms with Crippen molar-refractivity contribution >= 4 is 5.91 Å². The molecular weight excluding hydrogens is 384 g/mol. The first-order valence-electron chi connectivity index (χ1n) is 10.1. The second kappa shape index (κ2) is 8.17. The second-order valence-electron chi connectivity index (χ2n) is 7.73. The zero-order chi connectivity index (χ0) is 21.3. The predicted octanol–water partition coefficient (Wildman–Crippen LogP) is 1.71. The lowest BCUT2D eigenvalue weighted by Crippen LogP contribution is -2.39. The van der Waals surface area contributed by atoms with Crippen LogP contribution in [0.5, 0.6) is 5.88 Å². The summed E-state index contributed by atoms with van der Waals surface area (Å²) in [4.78, 5) is 27.1. The Morgan fingerprint density at radius 1 is 1.27 bits per heavy atom. The molecule has 1 aromatic carbocycles.